The fraction of sp³-hybridized carbons (Fsp3) is 0.333. The fourth-order valence-electron chi connectivity index (χ4n) is 1.41. The van der Waals surface area contributed by atoms with E-state index in [0.717, 1.165) is 12.2 Å². The first-order valence-electron chi connectivity index (χ1n) is 5.86. The minimum atomic E-state index is 0.906. The van der Waals surface area contributed by atoms with E-state index in [0.29, 0.717) is 0 Å². The van der Waals surface area contributed by atoms with Crippen LogP contribution in [0.15, 0.2) is 41.3 Å². The molecule has 0 aromatic heterocycles. The van der Waals surface area contributed by atoms with E-state index >= 15 is 0 Å². The van der Waals surface area contributed by atoms with Crippen LogP contribution in [0.3, 0.4) is 0 Å². The summed E-state index contributed by atoms with van der Waals surface area (Å²) in [5.74, 6) is 0.906. The van der Waals surface area contributed by atoms with Gasteiger partial charge in [-0.1, -0.05) is 43.0 Å². The number of thioether (sulfide) groups is 1. The first-order valence-corrected chi connectivity index (χ1v) is 6.68. The van der Waals surface area contributed by atoms with Gasteiger partial charge in [0.2, 0.25) is 0 Å². The largest absolute Gasteiger partial charge is 0.497 e. The topological polar surface area (TPSA) is 9.23 Å². The van der Waals surface area contributed by atoms with Crippen molar-refractivity contribution in [2.45, 2.75) is 27.2 Å². The van der Waals surface area contributed by atoms with Crippen molar-refractivity contribution in [1.29, 1.82) is 0 Å². The van der Waals surface area contributed by atoms with Gasteiger partial charge in [0.05, 0.1) is 7.11 Å². The van der Waals surface area contributed by atoms with Gasteiger partial charge < -0.3 is 4.74 Å². The Morgan fingerprint density at radius 3 is 2.76 bits per heavy atom. The van der Waals surface area contributed by atoms with Crippen LogP contribution in [0.2, 0.25) is 0 Å². The number of benzene rings is 1. The zero-order valence-electron chi connectivity index (χ0n) is 11.0. The van der Waals surface area contributed by atoms with Gasteiger partial charge in [0.25, 0.3) is 0 Å². The molecular formula is C15H20OS. The lowest BCUT2D eigenvalue weighted by atomic mass is 10.2. The molecular weight excluding hydrogens is 228 g/mol. The third-order valence-corrected chi connectivity index (χ3v) is 3.60. The summed E-state index contributed by atoms with van der Waals surface area (Å²) in [6, 6.07) is 8.21. The zero-order valence-corrected chi connectivity index (χ0v) is 11.8. The summed E-state index contributed by atoms with van der Waals surface area (Å²) in [5.41, 5.74) is 1.22. The van der Waals surface area contributed by atoms with Crippen LogP contribution in [-0.2, 0) is 0 Å². The van der Waals surface area contributed by atoms with Crippen LogP contribution >= 0.6 is 11.8 Å². The van der Waals surface area contributed by atoms with Gasteiger partial charge in [0.1, 0.15) is 5.75 Å². The van der Waals surface area contributed by atoms with Crippen LogP contribution in [0.25, 0.3) is 4.91 Å². The molecule has 0 radical (unpaired) electrons. The summed E-state index contributed by atoms with van der Waals surface area (Å²) in [4.78, 5) is 2.61. The van der Waals surface area contributed by atoms with Crippen LogP contribution in [0.5, 0.6) is 5.75 Å². The van der Waals surface area contributed by atoms with Crippen LogP contribution < -0.4 is 4.74 Å². The van der Waals surface area contributed by atoms with Gasteiger partial charge in [0, 0.05) is 4.91 Å². The predicted octanol–water partition coefficient (Wildman–Crippen LogP) is 5.10. The van der Waals surface area contributed by atoms with Crippen molar-refractivity contribution in [2.75, 3.05) is 7.11 Å². The Morgan fingerprint density at radius 2 is 2.18 bits per heavy atom. The molecule has 0 heterocycles. The summed E-state index contributed by atoms with van der Waals surface area (Å²) in [6.07, 6.45) is 5.43. The van der Waals surface area contributed by atoms with Crippen LogP contribution in [0.1, 0.15) is 32.8 Å². The lowest BCUT2D eigenvalue weighted by Crippen LogP contribution is -1.85. The average Bonchev–Trinajstić information content (AvgIpc) is 2.38. The van der Waals surface area contributed by atoms with Crippen molar-refractivity contribution >= 4 is 16.7 Å². The summed E-state index contributed by atoms with van der Waals surface area (Å²) in [6.45, 7) is 6.36. The Hall–Kier alpha value is -1.15. The molecule has 0 N–H and O–H groups in total. The average molecular weight is 248 g/mol. The Morgan fingerprint density at radius 1 is 1.41 bits per heavy atom. The molecule has 1 rings (SSSR count). The van der Waals surface area contributed by atoms with E-state index < -0.39 is 0 Å². The highest BCUT2D eigenvalue weighted by molar-refractivity contribution is 8.11. The monoisotopic (exact) mass is 248 g/mol. The molecule has 0 saturated heterocycles. The molecule has 1 aromatic rings. The highest BCUT2D eigenvalue weighted by Crippen LogP contribution is 2.34. The van der Waals surface area contributed by atoms with Crippen molar-refractivity contribution in [3.63, 3.8) is 0 Å². The molecule has 0 aliphatic rings. The minimum absolute atomic E-state index is 0.906. The zero-order chi connectivity index (χ0) is 12.7. The van der Waals surface area contributed by atoms with Crippen LogP contribution in [0, 0.1) is 0 Å². The quantitative estimate of drug-likeness (QED) is 0.716. The molecule has 0 unspecified atom stereocenters. The number of hydrogen-bond acceptors (Lipinski definition) is 2. The third kappa shape index (κ3) is 4.31. The van der Waals surface area contributed by atoms with Gasteiger partial charge in [-0.05, 0) is 42.9 Å². The van der Waals surface area contributed by atoms with Gasteiger partial charge in [0.15, 0.2) is 0 Å². The second-order valence-electron chi connectivity index (χ2n) is 3.71. The number of rotatable bonds is 5. The van der Waals surface area contributed by atoms with Crippen LogP contribution in [-0.4, -0.2) is 7.11 Å². The molecule has 17 heavy (non-hydrogen) atoms. The maximum absolute atomic E-state index is 5.26. The molecule has 0 fully saturated rings. The lowest BCUT2D eigenvalue weighted by Gasteiger charge is -2.09. The number of methoxy groups -OCH3 is 1. The Bertz CT molecular complexity index is 419. The molecule has 0 amide bonds. The molecule has 2 heteroatoms. The summed E-state index contributed by atoms with van der Waals surface area (Å²) >= 11 is 1.81. The van der Waals surface area contributed by atoms with E-state index in [9.17, 15) is 0 Å². The van der Waals surface area contributed by atoms with E-state index in [-0.39, 0.29) is 0 Å². The molecule has 92 valence electrons. The van der Waals surface area contributed by atoms with Crippen molar-refractivity contribution in [1.82, 2.24) is 0 Å². The molecule has 0 aliphatic heterocycles. The highest BCUT2D eigenvalue weighted by Gasteiger charge is 2.04. The van der Waals surface area contributed by atoms with E-state index in [1.807, 2.05) is 23.9 Å². The second kappa shape index (κ2) is 7.23. The Labute approximate surface area is 109 Å². The highest BCUT2D eigenvalue weighted by atomic mass is 32.2. The second-order valence-corrected chi connectivity index (χ2v) is 5.00. The SMILES string of the molecule is C/C=C(/C)S/C(=C/CC)c1cccc(OC)c1. The standard InChI is InChI=1S/C15H20OS/c1-5-8-15(17-12(3)6-2)13-9-7-10-14(11-13)16-4/h6-11H,5H2,1-4H3/b12-6-,15-8+. The molecule has 1 nitrogen and oxygen atoms in total. The smallest absolute Gasteiger partial charge is 0.119 e. The normalized spacial score (nSPS) is 12.7. The van der Waals surface area contributed by atoms with Gasteiger partial charge >= 0.3 is 0 Å². The van der Waals surface area contributed by atoms with Gasteiger partial charge in [-0.2, -0.15) is 0 Å². The van der Waals surface area contributed by atoms with E-state index in [4.69, 9.17) is 4.74 Å². The minimum Gasteiger partial charge on any atom is -0.497 e. The molecule has 0 spiro atoms. The van der Waals surface area contributed by atoms with Gasteiger partial charge in [-0.25, -0.2) is 0 Å². The lowest BCUT2D eigenvalue weighted by molar-refractivity contribution is 0.414. The van der Waals surface area contributed by atoms with Gasteiger partial charge in [-0.3, -0.25) is 0 Å². The molecule has 0 saturated carbocycles. The van der Waals surface area contributed by atoms with E-state index in [1.165, 1.54) is 15.4 Å². The summed E-state index contributed by atoms with van der Waals surface area (Å²) in [7, 11) is 1.70. The summed E-state index contributed by atoms with van der Waals surface area (Å²) in [5, 5.41) is 0. The van der Waals surface area contributed by atoms with E-state index in [1.54, 1.807) is 7.11 Å². The maximum Gasteiger partial charge on any atom is 0.119 e. The van der Waals surface area contributed by atoms with Gasteiger partial charge in [-0.15, -0.1) is 0 Å². The van der Waals surface area contributed by atoms with Crippen molar-refractivity contribution in [2.24, 2.45) is 0 Å². The molecule has 1 aromatic carbocycles. The number of ether oxygens (including phenoxy) is 1. The van der Waals surface area contributed by atoms with Crippen molar-refractivity contribution < 1.29 is 4.74 Å². The molecule has 0 bridgehead atoms. The first kappa shape index (κ1) is 13.9. The Kier molecular flexibility index (Phi) is 5.92. The number of hydrogen-bond donors (Lipinski definition) is 0. The van der Waals surface area contributed by atoms with Crippen LogP contribution in [0.4, 0.5) is 0 Å². The fourth-order valence-corrected chi connectivity index (χ4v) is 2.37. The van der Waals surface area contributed by atoms with Crippen molar-refractivity contribution in [3.8, 4) is 5.75 Å². The van der Waals surface area contributed by atoms with Crippen molar-refractivity contribution in [3.05, 3.63) is 46.9 Å². The molecule has 0 aliphatic carbocycles. The predicted molar refractivity (Wildman–Crippen MR) is 78.3 cm³/mol. The first-order chi connectivity index (χ1) is 8.21. The third-order valence-electron chi connectivity index (χ3n) is 2.42. The van der Waals surface area contributed by atoms with E-state index in [2.05, 4.69) is 45.1 Å². The maximum atomic E-state index is 5.26. The molecule has 0 atom stereocenters. The summed E-state index contributed by atoms with van der Waals surface area (Å²) < 4.78 is 5.26. The Balaban J connectivity index is 3.01. The number of allylic oxidation sites excluding steroid dienone is 3.